The number of hydrogen-bond acceptors (Lipinski definition) is 3. The van der Waals surface area contributed by atoms with Crippen molar-refractivity contribution >= 4 is 31.6 Å². The van der Waals surface area contributed by atoms with Crippen LogP contribution in [0, 0.1) is 5.92 Å². The van der Waals surface area contributed by atoms with Gasteiger partial charge in [-0.2, -0.15) is 4.31 Å². The second-order valence-corrected chi connectivity index (χ2v) is 8.03. The van der Waals surface area contributed by atoms with E-state index < -0.39 is 10.0 Å². The van der Waals surface area contributed by atoms with Gasteiger partial charge in [-0.1, -0.05) is 6.92 Å². The summed E-state index contributed by atoms with van der Waals surface area (Å²) in [5, 5.41) is 0. The molecule has 0 aliphatic carbocycles. The first kappa shape index (κ1) is 14.8. The van der Waals surface area contributed by atoms with Crippen LogP contribution in [-0.2, 0) is 10.0 Å². The van der Waals surface area contributed by atoms with Gasteiger partial charge >= 0.3 is 0 Å². The van der Waals surface area contributed by atoms with E-state index >= 15 is 0 Å². The zero-order valence-corrected chi connectivity index (χ0v) is 13.5. The van der Waals surface area contributed by atoms with E-state index in [2.05, 4.69) is 22.9 Å². The molecule has 19 heavy (non-hydrogen) atoms. The summed E-state index contributed by atoms with van der Waals surface area (Å²) in [6.07, 6.45) is 1.99. The summed E-state index contributed by atoms with van der Waals surface area (Å²) >= 11 is 3.28. The Hall–Kier alpha value is -0.590. The number of nitrogens with two attached hydrogens (primary N) is 1. The first-order valence-electron chi connectivity index (χ1n) is 6.39. The summed E-state index contributed by atoms with van der Waals surface area (Å²) in [6.45, 7) is 4.63. The predicted molar refractivity (Wildman–Crippen MR) is 80.3 cm³/mol. The van der Waals surface area contributed by atoms with Gasteiger partial charge in [0.25, 0.3) is 0 Å². The molecule has 4 nitrogen and oxygen atoms in total. The fraction of sp³-hybridized carbons (Fsp3) is 0.538. The smallest absolute Gasteiger partial charge is 0.243 e. The molecule has 1 aromatic rings. The number of nitrogens with zero attached hydrogens (tertiary/aromatic N) is 1. The third kappa shape index (κ3) is 2.95. The average molecular weight is 347 g/mol. The molecule has 1 aromatic carbocycles. The van der Waals surface area contributed by atoms with Gasteiger partial charge in [0.1, 0.15) is 0 Å². The van der Waals surface area contributed by atoms with E-state index in [4.69, 9.17) is 5.73 Å². The highest BCUT2D eigenvalue weighted by molar-refractivity contribution is 9.10. The summed E-state index contributed by atoms with van der Waals surface area (Å²) in [6, 6.07) is 4.85. The first-order chi connectivity index (χ1) is 8.82. The molecule has 0 spiro atoms. The number of sulfonamides is 1. The number of piperidine rings is 1. The van der Waals surface area contributed by atoms with E-state index in [1.165, 1.54) is 6.07 Å². The third-order valence-electron chi connectivity index (χ3n) is 3.63. The fourth-order valence-corrected chi connectivity index (χ4v) is 4.46. The van der Waals surface area contributed by atoms with E-state index in [9.17, 15) is 8.42 Å². The van der Waals surface area contributed by atoms with Gasteiger partial charge in [0.2, 0.25) is 10.0 Å². The van der Waals surface area contributed by atoms with Gasteiger partial charge in [-0.3, -0.25) is 0 Å². The van der Waals surface area contributed by atoms with Crippen LogP contribution < -0.4 is 5.73 Å². The van der Waals surface area contributed by atoms with Crippen molar-refractivity contribution in [2.45, 2.75) is 37.6 Å². The Labute approximate surface area is 123 Å². The van der Waals surface area contributed by atoms with Crippen LogP contribution in [0.2, 0.25) is 0 Å². The molecule has 2 N–H and O–H groups in total. The lowest BCUT2D eigenvalue weighted by Gasteiger charge is -2.35. The van der Waals surface area contributed by atoms with Gasteiger partial charge in [0.05, 0.1) is 4.90 Å². The van der Waals surface area contributed by atoms with Gasteiger partial charge in [0, 0.05) is 22.7 Å². The van der Waals surface area contributed by atoms with Crippen molar-refractivity contribution < 1.29 is 8.42 Å². The maximum atomic E-state index is 12.7. The van der Waals surface area contributed by atoms with E-state index in [1.807, 2.05) is 6.92 Å². The van der Waals surface area contributed by atoms with Crippen molar-refractivity contribution in [1.82, 2.24) is 4.31 Å². The lowest BCUT2D eigenvalue weighted by Crippen LogP contribution is -2.44. The zero-order valence-electron chi connectivity index (χ0n) is 11.1. The number of anilines is 1. The van der Waals surface area contributed by atoms with E-state index in [0.29, 0.717) is 22.6 Å². The van der Waals surface area contributed by atoms with Gasteiger partial charge in [-0.15, -0.1) is 0 Å². The van der Waals surface area contributed by atoms with Crippen LogP contribution in [0.4, 0.5) is 5.69 Å². The normalized spacial score (nSPS) is 25.4. The second-order valence-electron chi connectivity index (χ2n) is 5.29. The van der Waals surface area contributed by atoms with Crippen molar-refractivity contribution in [2.75, 3.05) is 12.3 Å². The molecule has 2 rings (SSSR count). The molecule has 1 aliphatic heterocycles. The molecule has 0 radical (unpaired) electrons. The molecular formula is C13H19BrN2O2S. The molecule has 6 heteroatoms. The van der Waals surface area contributed by atoms with Crippen molar-refractivity contribution in [3.8, 4) is 0 Å². The Morgan fingerprint density at radius 1 is 1.32 bits per heavy atom. The average Bonchev–Trinajstić information content (AvgIpc) is 2.35. The van der Waals surface area contributed by atoms with E-state index in [1.54, 1.807) is 16.4 Å². The molecule has 0 amide bonds. The van der Waals surface area contributed by atoms with E-state index in [-0.39, 0.29) is 10.9 Å². The fourth-order valence-electron chi connectivity index (χ4n) is 2.40. The van der Waals surface area contributed by atoms with Crippen LogP contribution in [0.15, 0.2) is 27.6 Å². The Morgan fingerprint density at radius 2 is 2.00 bits per heavy atom. The maximum Gasteiger partial charge on any atom is 0.243 e. The predicted octanol–water partition coefficient (Wildman–Crippen LogP) is 2.84. The topological polar surface area (TPSA) is 63.4 Å². The van der Waals surface area contributed by atoms with Gasteiger partial charge in [0.15, 0.2) is 0 Å². The number of rotatable bonds is 2. The van der Waals surface area contributed by atoms with Crippen LogP contribution in [0.5, 0.6) is 0 Å². The Morgan fingerprint density at radius 3 is 2.63 bits per heavy atom. The highest BCUT2D eigenvalue weighted by atomic mass is 79.9. The van der Waals surface area contributed by atoms with Crippen LogP contribution in [0.3, 0.4) is 0 Å². The third-order valence-corrected chi connectivity index (χ3v) is 6.33. The summed E-state index contributed by atoms with van der Waals surface area (Å²) in [5.74, 6) is 0.402. The molecule has 1 fully saturated rings. The Kier molecular flexibility index (Phi) is 4.23. The molecule has 0 saturated carbocycles. The minimum atomic E-state index is -3.45. The van der Waals surface area contributed by atoms with Crippen LogP contribution >= 0.6 is 15.9 Å². The van der Waals surface area contributed by atoms with E-state index in [0.717, 1.165) is 12.8 Å². The van der Waals surface area contributed by atoms with Crippen molar-refractivity contribution in [3.63, 3.8) is 0 Å². The molecule has 106 valence electrons. The molecule has 0 bridgehead atoms. The van der Waals surface area contributed by atoms with Crippen molar-refractivity contribution in [2.24, 2.45) is 5.92 Å². The van der Waals surface area contributed by atoms with Gasteiger partial charge < -0.3 is 5.73 Å². The summed E-state index contributed by atoms with van der Waals surface area (Å²) in [5.41, 5.74) is 6.22. The zero-order chi connectivity index (χ0) is 14.2. The number of benzene rings is 1. The van der Waals surface area contributed by atoms with Crippen LogP contribution in [0.1, 0.15) is 26.7 Å². The summed E-state index contributed by atoms with van der Waals surface area (Å²) in [7, 11) is -3.45. The molecule has 0 aromatic heterocycles. The van der Waals surface area contributed by atoms with Crippen LogP contribution in [0.25, 0.3) is 0 Å². The quantitative estimate of drug-likeness (QED) is 0.837. The monoisotopic (exact) mass is 346 g/mol. The lowest BCUT2D eigenvalue weighted by molar-refractivity contribution is 0.218. The van der Waals surface area contributed by atoms with Gasteiger partial charge in [-0.25, -0.2) is 8.42 Å². The maximum absolute atomic E-state index is 12.7. The molecular weight excluding hydrogens is 328 g/mol. The van der Waals surface area contributed by atoms with Gasteiger partial charge in [-0.05, 0) is 59.8 Å². The van der Waals surface area contributed by atoms with Crippen LogP contribution in [-0.4, -0.2) is 25.3 Å². The number of hydrogen-bond donors (Lipinski definition) is 1. The minimum Gasteiger partial charge on any atom is -0.398 e. The highest BCUT2D eigenvalue weighted by Crippen LogP contribution is 2.30. The largest absolute Gasteiger partial charge is 0.398 e. The highest BCUT2D eigenvalue weighted by Gasteiger charge is 2.33. The standard InChI is InChI=1S/C13H19BrN2O2S/c1-9-3-4-10(2)16(8-9)19(17,18)11-5-6-12(14)13(15)7-11/h5-7,9-10H,3-4,8,15H2,1-2H3. The molecule has 1 heterocycles. The van der Waals surface area contributed by atoms with Crippen molar-refractivity contribution in [1.29, 1.82) is 0 Å². The number of halogens is 1. The summed E-state index contributed by atoms with van der Waals surface area (Å²) < 4.78 is 27.6. The Balaban J connectivity index is 2.38. The second kappa shape index (κ2) is 5.42. The first-order valence-corrected chi connectivity index (χ1v) is 8.62. The number of nitrogen functional groups attached to an aromatic ring is 1. The summed E-state index contributed by atoms with van der Waals surface area (Å²) in [4.78, 5) is 0.272. The molecule has 2 atom stereocenters. The lowest BCUT2D eigenvalue weighted by atomic mass is 9.97. The minimum absolute atomic E-state index is 0.0473. The molecule has 1 aliphatic rings. The van der Waals surface area contributed by atoms with Crippen molar-refractivity contribution in [3.05, 3.63) is 22.7 Å². The molecule has 2 unspecified atom stereocenters. The SMILES string of the molecule is CC1CCC(C)N(S(=O)(=O)c2ccc(Br)c(N)c2)C1. The molecule has 1 saturated heterocycles. The Bertz CT molecular complexity index is 574.